The Labute approximate surface area is 157 Å². The Morgan fingerprint density at radius 3 is 2.62 bits per heavy atom. The molecule has 3 aromatic rings. The minimum Gasteiger partial charge on any atom is -0.383 e. The maximum atomic E-state index is 12.4. The number of thioether (sulfide) groups is 1. The second-order valence-electron chi connectivity index (χ2n) is 6.13. The van der Waals surface area contributed by atoms with Crippen LogP contribution in [0.4, 0.5) is 5.69 Å². The van der Waals surface area contributed by atoms with Crippen LogP contribution in [0.1, 0.15) is 11.1 Å². The highest BCUT2D eigenvalue weighted by molar-refractivity contribution is 7.99. The molecule has 1 aromatic heterocycles. The molecule has 136 valence electrons. The number of benzene rings is 2. The lowest BCUT2D eigenvalue weighted by molar-refractivity contribution is -0.113. The van der Waals surface area contributed by atoms with Crippen molar-refractivity contribution < 1.29 is 9.53 Å². The SMILES string of the molecule is COCCn1c(SCC(=O)Nc2c(C)cccc2C)nc2ccccc21. The summed E-state index contributed by atoms with van der Waals surface area (Å²) in [5.41, 5.74) is 5.01. The van der Waals surface area contributed by atoms with Crippen LogP contribution < -0.4 is 5.32 Å². The van der Waals surface area contributed by atoms with E-state index in [1.165, 1.54) is 11.8 Å². The zero-order chi connectivity index (χ0) is 18.5. The highest BCUT2D eigenvalue weighted by atomic mass is 32.2. The van der Waals surface area contributed by atoms with E-state index in [4.69, 9.17) is 4.74 Å². The number of hydrogen-bond donors (Lipinski definition) is 1. The Bertz CT molecular complexity index is 900. The molecule has 0 bridgehead atoms. The summed E-state index contributed by atoms with van der Waals surface area (Å²) in [7, 11) is 1.68. The first kappa shape index (κ1) is 18.5. The van der Waals surface area contributed by atoms with E-state index in [0.717, 1.165) is 33.0 Å². The number of carbonyl (C=O) groups is 1. The molecule has 0 atom stereocenters. The zero-order valence-electron chi connectivity index (χ0n) is 15.3. The zero-order valence-corrected chi connectivity index (χ0v) is 16.1. The third kappa shape index (κ3) is 4.08. The van der Waals surface area contributed by atoms with E-state index in [-0.39, 0.29) is 5.91 Å². The summed E-state index contributed by atoms with van der Waals surface area (Å²) in [5, 5.41) is 3.86. The number of aryl methyl sites for hydroxylation is 2. The molecule has 0 spiro atoms. The van der Waals surface area contributed by atoms with Crippen LogP contribution >= 0.6 is 11.8 Å². The molecule has 5 nitrogen and oxygen atoms in total. The fourth-order valence-corrected chi connectivity index (χ4v) is 3.72. The summed E-state index contributed by atoms with van der Waals surface area (Å²) in [5.74, 6) is 0.280. The van der Waals surface area contributed by atoms with E-state index in [1.54, 1.807) is 7.11 Å². The average molecular weight is 369 g/mol. The summed E-state index contributed by atoms with van der Waals surface area (Å²) in [4.78, 5) is 17.1. The molecule has 0 aliphatic rings. The van der Waals surface area contributed by atoms with Crippen molar-refractivity contribution in [3.8, 4) is 0 Å². The molecule has 3 rings (SSSR count). The number of para-hydroxylation sites is 3. The Morgan fingerprint density at radius 2 is 1.88 bits per heavy atom. The number of nitrogens with one attached hydrogen (secondary N) is 1. The van der Waals surface area contributed by atoms with Crippen molar-refractivity contribution in [3.63, 3.8) is 0 Å². The number of amides is 1. The van der Waals surface area contributed by atoms with Crippen LogP contribution in [0.25, 0.3) is 11.0 Å². The maximum Gasteiger partial charge on any atom is 0.234 e. The number of aromatic nitrogens is 2. The molecule has 6 heteroatoms. The molecule has 1 heterocycles. The van der Waals surface area contributed by atoms with Gasteiger partial charge in [-0.25, -0.2) is 4.98 Å². The van der Waals surface area contributed by atoms with E-state index in [1.807, 2.05) is 56.3 Å². The predicted octanol–water partition coefficient (Wildman–Crippen LogP) is 4.03. The Kier molecular flexibility index (Phi) is 5.96. The minimum atomic E-state index is -0.0299. The standard InChI is InChI=1S/C20H23N3O2S/c1-14-7-6-8-15(2)19(14)22-18(24)13-26-20-21-16-9-4-5-10-17(16)23(20)11-12-25-3/h4-10H,11-13H2,1-3H3,(H,22,24). The second kappa shape index (κ2) is 8.38. The molecule has 26 heavy (non-hydrogen) atoms. The summed E-state index contributed by atoms with van der Waals surface area (Å²) >= 11 is 1.45. The number of imidazole rings is 1. The first-order chi connectivity index (χ1) is 12.6. The summed E-state index contributed by atoms with van der Waals surface area (Å²) in [6, 6.07) is 14.0. The van der Waals surface area contributed by atoms with Crippen molar-refractivity contribution in [2.24, 2.45) is 0 Å². The number of methoxy groups -OCH3 is 1. The molecule has 1 amide bonds. The number of nitrogens with zero attached hydrogens (tertiary/aromatic N) is 2. The highest BCUT2D eigenvalue weighted by Gasteiger charge is 2.13. The summed E-state index contributed by atoms with van der Waals surface area (Å²) in [6.07, 6.45) is 0. The van der Waals surface area contributed by atoms with Crippen LogP contribution in [0.3, 0.4) is 0 Å². The number of rotatable bonds is 7. The lowest BCUT2D eigenvalue weighted by atomic mass is 10.1. The Morgan fingerprint density at radius 1 is 1.15 bits per heavy atom. The van der Waals surface area contributed by atoms with Crippen molar-refractivity contribution in [2.75, 3.05) is 24.8 Å². The van der Waals surface area contributed by atoms with Crippen molar-refractivity contribution in [1.29, 1.82) is 0 Å². The number of hydrogen-bond acceptors (Lipinski definition) is 4. The number of ether oxygens (including phenoxy) is 1. The van der Waals surface area contributed by atoms with E-state index in [9.17, 15) is 4.79 Å². The smallest absolute Gasteiger partial charge is 0.234 e. The van der Waals surface area contributed by atoms with Gasteiger partial charge in [-0.15, -0.1) is 0 Å². The number of anilines is 1. The van der Waals surface area contributed by atoms with Crippen LogP contribution in [0.5, 0.6) is 0 Å². The fourth-order valence-electron chi connectivity index (χ4n) is 2.88. The number of fused-ring (bicyclic) bond motifs is 1. The minimum absolute atomic E-state index is 0.0299. The van der Waals surface area contributed by atoms with Gasteiger partial charge in [0.05, 0.1) is 23.4 Å². The van der Waals surface area contributed by atoms with Gasteiger partial charge in [-0.2, -0.15) is 0 Å². The Hall–Kier alpha value is -2.31. The van der Waals surface area contributed by atoms with Gasteiger partial charge in [0.2, 0.25) is 5.91 Å². The average Bonchev–Trinajstić information content (AvgIpc) is 2.99. The lowest BCUT2D eigenvalue weighted by Crippen LogP contribution is -2.16. The molecule has 0 saturated heterocycles. The van der Waals surface area contributed by atoms with Gasteiger partial charge in [0.1, 0.15) is 0 Å². The van der Waals surface area contributed by atoms with Crippen molar-refractivity contribution >= 4 is 34.4 Å². The lowest BCUT2D eigenvalue weighted by Gasteiger charge is -2.12. The van der Waals surface area contributed by atoms with Crippen LogP contribution in [0, 0.1) is 13.8 Å². The third-order valence-electron chi connectivity index (χ3n) is 4.22. The van der Waals surface area contributed by atoms with Crippen LogP contribution in [-0.2, 0) is 16.1 Å². The van der Waals surface area contributed by atoms with Crippen molar-refractivity contribution in [3.05, 3.63) is 53.6 Å². The van der Waals surface area contributed by atoms with Crippen LogP contribution in [-0.4, -0.2) is 34.9 Å². The first-order valence-electron chi connectivity index (χ1n) is 8.53. The Balaban J connectivity index is 1.73. The number of carbonyl (C=O) groups excluding carboxylic acids is 1. The van der Waals surface area contributed by atoms with Gasteiger partial charge in [0, 0.05) is 19.3 Å². The van der Waals surface area contributed by atoms with Gasteiger partial charge in [-0.1, -0.05) is 42.1 Å². The third-order valence-corrected chi connectivity index (χ3v) is 5.19. The van der Waals surface area contributed by atoms with Gasteiger partial charge >= 0.3 is 0 Å². The molecule has 0 radical (unpaired) electrons. The first-order valence-corrected chi connectivity index (χ1v) is 9.52. The predicted molar refractivity (Wildman–Crippen MR) is 107 cm³/mol. The molecular weight excluding hydrogens is 346 g/mol. The van der Waals surface area contributed by atoms with E-state index in [0.29, 0.717) is 18.9 Å². The molecule has 2 aromatic carbocycles. The maximum absolute atomic E-state index is 12.4. The van der Waals surface area contributed by atoms with Gasteiger partial charge < -0.3 is 14.6 Å². The fraction of sp³-hybridized carbons (Fsp3) is 0.300. The molecule has 1 N–H and O–H groups in total. The van der Waals surface area contributed by atoms with Gasteiger partial charge in [0.15, 0.2) is 5.16 Å². The van der Waals surface area contributed by atoms with Crippen LogP contribution in [0.15, 0.2) is 47.6 Å². The van der Waals surface area contributed by atoms with Gasteiger partial charge in [0.25, 0.3) is 0 Å². The molecular formula is C20H23N3O2S. The summed E-state index contributed by atoms with van der Waals surface area (Å²) in [6.45, 7) is 5.31. The van der Waals surface area contributed by atoms with Gasteiger partial charge in [-0.05, 0) is 37.1 Å². The van der Waals surface area contributed by atoms with Crippen molar-refractivity contribution in [2.45, 2.75) is 25.5 Å². The molecule has 0 unspecified atom stereocenters. The van der Waals surface area contributed by atoms with Gasteiger partial charge in [-0.3, -0.25) is 4.79 Å². The quantitative estimate of drug-likeness (QED) is 0.639. The largest absolute Gasteiger partial charge is 0.383 e. The second-order valence-corrected chi connectivity index (χ2v) is 7.07. The molecule has 0 aliphatic heterocycles. The summed E-state index contributed by atoms with van der Waals surface area (Å²) < 4.78 is 7.32. The normalized spacial score (nSPS) is 11.0. The molecule has 0 saturated carbocycles. The van der Waals surface area contributed by atoms with Crippen molar-refractivity contribution in [1.82, 2.24) is 9.55 Å². The van der Waals surface area contributed by atoms with E-state index in [2.05, 4.69) is 14.9 Å². The molecule has 0 aliphatic carbocycles. The highest BCUT2D eigenvalue weighted by Crippen LogP contribution is 2.25. The topological polar surface area (TPSA) is 56.1 Å². The monoisotopic (exact) mass is 369 g/mol. The van der Waals surface area contributed by atoms with E-state index < -0.39 is 0 Å². The molecule has 0 fully saturated rings. The van der Waals surface area contributed by atoms with Crippen LogP contribution in [0.2, 0.25) is 0 Å². The van der Waals surface area contributed by atoms with E-state index >= 15 is 0 Å².